The Balaban J connectivity index is 1.45. The molecule has 0 aromatic heterocycles. The molecule has 2 aliphatic rings. The molecule has 1 aromatic rings. The van der Waals surface area contributed by atoms with Gasteiger partial charge in [0, 0.05) is 41.4 Å². The molecule has 6 nitrogen and oxygen atoms in total. The Morgan fingerprint density at radius 3 is 2.96 bits per heavy atom. The molecule has 0 spiro atoms. The van der Waals surface area contributed by atoms with E-state index in [-0.39, 0.29) is 0 Å². The summed E-state index contributed by atoms with van der Waals surface area (Å²) in [6.45, 7) is 3.10. The van der Waals surface area contributed by atoms with E-state index in [0.717, 1.165) is 61.9 Å². The van der Waals surface area contributed by atoms with Gasteiger partial charge in [0.05, 0.1) is 0 Å². The molecular weight excluding hydrogens is 350 g/mol. The summed E-state index contributed by atoms with van der Waals surface area (Å²) in [6, 6.07) is 6.41. The fraction of sp³-hybridized carbons (Fsp3) is 0.632. The van der Waals surface area contributed by atoms with Crippen molar-refractivity contribution >= 4 is 16.8 Å². The third-order valence-electron chi connectivity index (χ3n) is 4.99. The number of fused-ring (bicyclic) bond motifs is 1. The molecule has 3 unspecified atom stereocenters. The minimum atomic E-state index is -0.704. The highest BCUT2D eigenvalue weighted by molar-refractivity contribution is 7.85. The van der Waals surface area contributed by atoms with Crippen LogP contribution < -0.4 is 20.1 Å². The van der Waals surface area contributed by atoms with Crippen LogP contribution in [0.2, 0.25) is 0 Å². The van der Waals surface area contributed by atoms with E-state index >= 15 is 0 Å². The summed E-state index contributed by atoms with van der Waals surface area (Å²) in [5.74, 6) is 3.20. The second-order valence-corrected chi connectivity index (χ2v) is 8.74. The highest BCUT2D eigenvalue weighted by Crippen LogP contribution is 2.32. The average molecular weight is 380 g/mol. The van der Waals surface area contributed by atoms with Gasteiger partial charge in [-0.15, -0.1) is 0 Å². The number of rotatable bonds is 6. The SMILES string of the molecule is CCS(=O)C1CCCC(NC(=NC)NCCc2ccc3c(c2)OCO3)C1. The predicted molar refractivity (Wildman–Crippen MR) is 105 cm³/mol. The molecule has 26 heavy (non-hydrogen) atoms. The molecule has 7 heteroatoms. The molecule has 0 saturated heterocycles. The first-order chi connectivity index (χ1) is 12.7. The molecule has 0 bridgehead atoms. The number of guanidine groups is 1. The van der Waals surface area contributed by atoms with E-state index in [0.29, 0.717) is 18.1 Å². The smallest absolute Gasteiger partial charge is 0.231 e. The zero-order valence-corrected chi connectivity index (χ0v) is 16.4. The lowest BCUT2D eigenvalue weighted by atomic mass is 9.95. The first-order valence-corrected chi connectivity index (χ1v) is 10.8. The highest BCUT2D eigenvalue weighted by Gasteiger charge is 2.26. The summed E-state index contributed by atoms with van der Waals surface area (Å²) in [5, 5.41) is 7.20. The molecule has 3 atom stereocenters. The first-order valence-electron chi connectivity index (χ1n) is 9.42. The van der Waals surface area contributed by atoms with Crippen LogP contribution in [0.5, 0.6) is 11.5 Å². The van der Waals surface area contributed by atoms with Crippen LogP contribution in [0.25, 0.3) is 0 Å². The molecule has 1 heterocycles. The van der Waals surface area contributed by atoms with E-state index < -0.39 is 10.8 Å². The topological polar surface area (TPSA) is 72.0 Å². The summed E-state index contributed by atoms with van der Waals surface area (Å²) in [5.41, 5.74) is 1.20. The number of hydrogen-bond donors (Lipinski definition) is 2. The molecule has 1 aromatic carbocycles. The van der Waals surface area contributed by atoms with Gasteiger partial charge < -0.3 is 20.1 Å². The first kappa shape index (κ1) is 19.0. The van der Waals surface area contributed by atoms with E-state index in [1.54, 1.807) is 7.05 Å². The van der Waals surface area contributed by atoms with Gasteiger partial charge in [0.2, 0.25) is 6.79 Å². The van der Waals surface area contributed by atoms with Crippen molar-refractivity contribution in [2.45, 2.75) is 50.3 Å². The fourth-order valence-electron chi connectivity index (χ4n) is 3.56. The molecule has 1 saturated carbocycles. The standard InChI is InChI=1S/C19H29N3O3S/c1-3-26(23)16-6-4-5-15(12-16)22-19(20-2)21-10-9-14-7-8-17-18(11-14)25-13-24-17/h7-8,11,15-16H,3-6,9-10,12-13H2,1-2H3,(H2,20,21,22). The van der Waals surface area contributed by atoms with Crippen LogP contribution in [-0.2, 0) is 17.2 Å². The normalized spacial score (nSPS) is 23.5. The minimum Gasteiger partial charge on any atom is -0.454 e. The minimum absolute atomic E-state index is 0.304. The molecule has 1 aliphatic carbocycles. The molecule has 1 fully saturated rings. The molecule has 1 aliphatic heterocycles. The Bertz CT molecular complexity index is 665. The van der Waals surface area contributed by atoms with Gasteiger partial charge in [0.1, 0.15) is 0 Å². The Labute approximate surface area is 158 Å². The Kier molecular flexibility index (Phi) is 6.77. The van der Waals surface area contributed by atoms with Crippen molar-refractivity contribution in [3.63, 3.8) is 0 Å². The molecule has 2 N–H and O–H groups in total. The molecule has 0 amide bonds. The van der Waals surface area contributed by atoms with E-state index in [2.05, 4.69) is 21.7 Å². The van der Waals surface area contributed by atoms with Crippen LogP contribution in [0, 0.1) is 0 Å². The number of ether oxygens (including phenoxy) is 2. The Morgan fingerprint density at radius 1 is 1.31 bits per heavy atom. The second kappa shape index (κ2) is 9.26. The summed E-state index contributed by atoms with van der Waals surface area (Å²) in [4.78, 5) is 4.34. The number of nitrogens with one attached hydrogen (secondary N) is 2. The van der Waals surface area contributed by atoms with Crippen LogP contribution in [0.1, 0.15) is 38.2 Å². The van der Waals surface area contributed by atoms with Gasteiger partial charge in [-0.3, -0.25) is 9.20 Å². The Hall–Kier alpha value is -1.76. The zero-order valence-electron chi connectivity index (χ0n) is 15.6. The summed E-state index contributed by atoms with van der Waals surface area (Å²) < 4.78 is 22.9. The predicted octanol–water partition coefficient (Wildman–Crippen LogP) is 2.20. The number of aliphatic imine (C=N–C) groups is 1. The third kappa shape index (κ3) is 4.90. The number of benzene rings is 1. The van der Waals surface area contributed by atoms with E-state index in [1.807, 2.05) is 19.1 Å². The quantitative estimate of drug-likeness (QED) is 0.586. The van der Waals surface area contributed by atoms with E-state index in [9.17, 15) is 4.21 Å². The van der Waals surface area contributed by atoms with Crippen molar-refractivity contribution in [1.82, 2.24) is 10.6 Å². The summed E-state index contributed by atoms with van der Waals surface area (Å²) >= 11 is 0. The van der Waals surface area contributed by atoms with Crippen LogP contribution in [-0.4, -0.2) is 47.6 Å². The van der Waals surface area contributed by atoms with Gasteiger partial charge in [-0.1, -0.05) is 19.4 Å². The zero-order chi connectivity index (χ0) is 18.4. The van der Waals surface area contributed by atoms with Crippen LogP contribution in [0.4, 0.5) is 0 Å². The molecule has 3 rings (SSSR count). The maximum atomic E-state index is 12.1. The van der Waals surface area contributed by atoms with Crippen molar-refractivity contribution < 1.29 is 13.7 Å². The van der Waals surface area contributed by atoms with Gasteiger partial charge in [0.25, 0.3) is 0 Å². The van der Waals surface area contributed by atoms with Crippen LogP contribution in [0.15, 0.2) is 23.2 Å². The summed E-state index contributed by atoms with van der Waals surface area (Å²) in [6.07, 6.45) is 5.16. The fourth-order valence-corrected chi connectivity index (χ4v) is 4.91. The largest absolute Gasteiger partial charge is 0.454 e. The monoisotopic (exact) mass is 379 g/mol. The number of hydrogen-bond acceptors (Lipinski definition) is 4. The van der Waals surface area contributed by atoms with Crippen LogP contribution >= 0.6 is 0 Å². The van der Waals surface area contributed by atoms with Crippen molar-refractivity contribution in [2.24, 2.45) is 4.99 Å². The highest BCUT2D eigenvalue weighted by atomic mass is 32.2. The Morgan fingerprint density at radius 2 is 2.15 bits per heavy atom. The molecule has 144 valence electrons. The van der Waals surface area contributed by atoms with Gasteiger partial charge in [-0.2, -0.15) is 0 Å². The van der Waals surface area contributed by atoms with Crippen molar-refractivity contribution in [3.05, 3.63) is 23.8 Å². The van der Waals surface area contributed by atoms with E-state index in [1.165, 1.54) is 5.56 Å². The maximum absolute atomic E-state index is 12.1. The lowest BCUT2D eigenvalue weighted by Crippen LogP contribution is -2.47. The van der Waals surface area contributed by atoms with Crippen molar-refractivity contribution in [1.29, 1.82) is 0 Å². The molecule has 0 radical (unpaired) electrons. The second-order valence-electron chi connectivity index (χ2n) is 6.74. The molecular formula is C19H29N3O3S. The number of nitrogens with zero attached hydrogens (tertiary/aromatic N) is 1. The van der Waals surface area contributed by atoms with Gasteiger partial charge >= 0.3 is 0 Å². The maximum Gasteiger partial charge on any atom is 0.231 e. The van der Waals surface area contributed by atoms with Crippen LogP contribution in [0.3, 0.4) is 0 Å². The lowest BCUT2D eigenvalue weighted by molar-refractivity contribution is 0.174. The average Bonchev–Trinajstić information content (AvgIpc) is 3.14. The van der Waals surface area contributed by atoms with Gasteiger partial charge in [-0.25, -0.2) is 0 Å². The summed E-state index contributed by atoms with van der Waals surface area (Å²) in [7, 11) is 1.09. The van der Waals surface area contributed by atoms with E-state index in [4.69, 9.17) is 9.47 Å². The van der Waals surface area contributed by atoms with Crippen molar-refractivity contribution in [2.75, 3.05) is 26.1 Å². The van der Waals surface area contributed by atoms with Gasteiger partial charge in [-0.05, 0) is 43.4 Å². The lowest BCUT2D eigenvalue weighted by Gasteiger charge is -2.30. The van der Waals surface area contributed by atoms with Crippen molar-refractivity contribution in [3.8, 4) is 11.5 Å². The third-order valence-corrected chi connectivity index (χ3v) is 6.73. The van der Waals surface area contributed by atoms with Gasteiger partial charge in [0.15, 0.2) is 17.5 Å².